The third kappa shape index (κ3) is 6.57. The van der Waals surface area contributed by atoms with E-state index in [2.05, 4.69) is 50.4 Å². The molecule has 0 aromatic rings. The van der Waals surface area contributed by atoms with Crippen LogP contribution in [0.1, 0.15) is 34.6 Å². The Labute approximate surface area is 87.7 Å². The summed E-state index contributed by atoms with van der Waals surface area (Å²) in [6, 6.07) is 0.788. The van der Waals surface area contributed by atoms with Crippen LogP contribution in [0.4, 0.5) is 0 Å². The van der Waals surface area contributed by atoms with Gasteiger partial charge in [0.15, 0.2) is 0 Å². The van der Waals surface area contributed by atoms with Crippen LogP contribution < -0.4 is 10.6 Å². The number of hydrogen-bond acceptors (Lipinski definition) is 2. The standard InChI is InChI=1S/C10H24N4/c1-7-14(6)13-10(11-8(2)3)12-9(4)5/h8-9H,7H2,1-6H3,(H2,11,12,13). The number of hydrogen-bond donors (Lipinski definition) is 2. The summed E-state index contributed by atoms with van der Waals surface area (Å²) in [7, 11) is 1.96. The lowest BCUT2D eigenvalue weighted by Crippen LogP contribution is -2.45. The first-order valence-electron chi connectivity index (χ1n) is 5.28. The number of nitrogens with zero attached hydrogens (tertiary/aromatic N) is 2. The van der Waals surface area contributed by atoms with E-state index in [9.17, 15) is 0 Å². The maximum absolute atomic E-state index is 4.40. The first-order valence-corrected chi connectivity index (χ1v) is 5.28. The van der Waals surface area contributed by atoms with Gasteiger partial charge in [0, 0.05) is 25.7 Å². The van der Waals surface area contributed by atoms with Crippen molar-refractivity contribution in [2.45, 2.75) is 46.7 Å². The van der Waals surface area contributed by atoms with E-state index >= 15 is 0 Å². The molecule has 0 radical (unpaired) electrons. The van der Waals surface area contributed by atoms with Crippen LogP contribution >= 0.6 is 0 Å². The lowest BCUT2D eigenvalue weighted by Gasteiger charge is -2.20. The molecular weight excluding hydrogens is 176 g/mol. The zero-order chi connectivity index (χ0) is 11.1. The van der Waals surface area contributed by atoms with E-state index in [4.69, 9.17) is 0 Å². The summed E-state index contributed by atoms with van der Waals surface area (Å²) in [5.41, 5.74) is 0. The van der Waals surface area contributed by atoms with Crippen LogP contribution in [0.15, 0.2) is 5.10 Å². The minimum Gasteiger partial charge on any atom is -0.353 e. The van der Waals surface area contributed by atoms with Crippen LogP contribution in [0.3, 0.4) is 0 Å². The quantitative estimate of drug-likeness (QED) is 0.407. The molecule has 0 aromatic carbocycles. The summed E-state index contributed by atoms with van der Waals surface area (Å²) < 4.78 is 0. The largest absolute Gasteiger partial charge is 0.353 e. The second-order valence-electron chi connectivity index (χ2n) is 4.02. The highest BCUT2D eigenvalue weighted by Gasteiger charge is 2.03. The van der Waals surface area contributed by atoms with Gasteiger partial charge < -0.3 is 10.6 Å². The number of hydrazone groups is 1. The van der Waals surface area contributed by atoms with E-state index in [1.54, 1.807) is 0 Å². The molecule has 0 rings (SSSR count). The molecule has 14 heavy (non-hydrogen) atoms. The molecular formula is C10H24N4. The molecule has 0 heterocycles. The lowest BCUT2D eigenvalue weighted by molar-refractivity contribution is 0.368. The molecule has 0 saturated heterocycles. The summed E-state index contributed by atoms with van der Waals surface area (Å²) in [5.74, 6) is 0.847. The molecule has 4 nitrogen and oxygen atoms in total. The molecule has 0 unspecified atom stereocenters. The topological polar surface area (TPSA) is 39.7 Å². The highest BCUT2D eigenvalue weighted by Crippen LogP contribution is 1.86. The lowest BCUT2D eigenvalue weighted by atomic mass is 10.4. The Kier molecular flexibility index (Phi) is 6.08. The maximum Gasteiger partial charge on any atom is 0.214 e. The van der Waals surface area contributed by atoms with E-state index in [-0.39, 0.29) is 0 Å². The molecule has 0 aliphatic carbocycles. The molecule has 2 N–H and O–H groups in total. The van der Waals surface area contributed by atoms with Crippen LogP contribution in [0, 0.1) is 0 Å². The Hall–Kier alpha value is -0.930. The Balaban J connectivity index is 4.29. The van der Waals surface area contributed by atoms with E-state index in [1.807, 2.05) is 12.1 Å². The molecule has 4 heteroatoms. The monoisotopic (exact) mass is 200 g/mol. The van der Waals surface area contributed by atoms with Crippen LogP contribution in [0.25, 0.3) is 0 Å². The van der Waals surface area contributed by atoms with E-state index in [0.717, 1.165) is 12.5 Å². The normalized spacial score (nSPS) is 10.3. The van der Waals surface area contributed by atoms with E-state index < -0.39 is 0 Å². The van der Waals surface area contributed by atoms with Crippen molar-refractivity contribution in [3.8, 4) is 0 Å². The van der Waals surface area contributed by atoms with Gasteiger partial charge in [-0.15, -0.1) is 5.10 Å². The fourth-order valence-corrected chi connectivity index (χ4v) is 0.888. The van der Waals surface area contributed by atoms with Gasteiger partial charge in [-0.25, -0.2) is 0 Å². The first-order chi connectivity index (χ1) is 6.45. The number of rotatable bonds is 4. The molecule has 0 aromatic heterocycles. The molecule has 84 valence electrons. The zero-order valence-corrected chi connectivity index (χ0v) is 10.3. The van der Waals surface area contributed by atoms with Crippen LogP contribution in [-0.4, -0.2) is 36.6 Å². The number of guanidine groups is 1. The third-order valence-electron chi connectivity index (χ3n) is 1.58. The average molecular weight is 200 g/mol. The van der Waals surface area contributed by atoms with E-state index in [0.29, 0.717) is 12.1 Å². The Morgan fingerprint density at radius 3 is 1.86 bits per heavy atom. The summed E-state index contributed by atoms with van der Waals surface area (Å²) in [6.07, 6.45) is 0. The molecule has 0 aliphatic heterocycles. The molecule has 0 saturated carbocycles. The second-order valence-corrected chi connectivity index (χ2v) is 4.02. The summed E-state index contributed by atoms with van der Waals surface area (Å²) in [4.78, 5) is 0. The Morgan fingerprint density at radius 1 is 1.14 bits per heavy atom. The summed E-state index contributed by atoms with van der Waals surface area (Å²) in [5, 5.41) is 12.9. The van der Waals surface area contributed by atoms with Gasteiger partial charge in [-0.05, 0) is 34.6 Å². The van der Waals surface area contributed by atoms with Gasteiger partial charge in [-0.3, -0.25) is 5.01 Å². The van der Waals surface area contributed by atoms with Crippen LogP contribution in [0.2, 0.25) is 0 Å². The van der Waals surface area contributed by atoms with Crippen LogP contribution in [-0.2, 0) is 0 Å². The molecule has 0 spiro atoms. The average Bonchev–Trinajstić information content (AvgIpc) is 2.01. The van der Waals surface area contributed by atoms with E-state index in [1.165, 1.54) is 0 Å². The van der Waals surface area contributed by atoms with Gasteiger partial charge in [-0.2, -0.15) is 0 Å². The summed E-state index contributed by atoms with van der Waals surface area (Å²) in [6.45, 7) is 11.4. The van der Waals surface area contributed by atoms with Crippen molar-refractivity contribution in [2.75, 3.05) is 13.6 Å². The maximum atomic E-state index is 4.40. The first kappa shape index (κ1) is 13.1. The molecule has 0 atom stereocenters. The van der Waals surface area contributed by atoms with Crippen LogP contribution in [0.5, 0.6) is 0 Å². The SMILES string of the molecule is CCN(C)N=C(NC(C)C)NC(C)C. The number of nitrogens with one attached hydrogen (secondary N) is 2. The van der Waals surface area contributed by atoms with Crippen molar-refractivity contribution >= 4 is 5.96 Å². The highest BCUT2D eigenvalue weighted by atomic mass is 15.5. The Morgan fingerprint density at radius 2 is 1.57 bits per heavy atom. The van der Waals surface area contributed by atoms with Crippen molar-refractivity contribution in [3.63, 3.8) is 0 Å². The smallest absolute Gasteiger partial charge is 0.214 e. The van der Waals surface area contributed by atoms with Gasteiger partial charge in [0.05, 0.1) is 0 Å². The van der Waals surface area contributed by atoms with Crippen molar-refractivity contribution in [2.24, 2.45) is 5.10 Å². The third-order valence-corrected chi connectivity index (χ3v) is 1.58. The fourth-order valence-electron chi connectivity index (χ4n) is 0.888. The highest BCUT2D eigenvalue weighted by molar-refractivity contribution is 5.79. The predicted molar refractivity (Wildman–Crippen MR) is 62.3 cm³/mol. The van der Waals surface area contributed by atoms with Gasteiger partial charge in [0.2, 0.25) is 5.96 Å². The van der Waals surface area contributed by atoms with Gasteiger partial charge in [0.25, 0.3) is 0 Å². The van der Waals surface area contributed by atoms with Gasteiger partial charge >= 0.3 is 0 Å². The van der Waals surface area contributed by atoms with Crippen molar-refractivity contribution < 1.29 is 0 Å². The predicted octanol–water partition coefficient (Wildman–Crippen LogP) is 1.21. The minimum atomic E-state index is 0.394. The van der Waals surface area contributed by atoms with Gasteiger partial charge in [0.1, 0.15) is 0 Å². The Bertz CT molecular complexity index is 163. The molecule has 0 bridgehead atoms. The minimum absolute atomic E-state index is 0.394. The van der Waals surface area contributed by atoms with Crippen molar-refractivity contribution in [1.29, 1.82) is 0 Å². The zero-order valence-electron chi connectivity index (χ0n) is 10.3. The second kappa shape index (κ2) is 6.51. The van der Waals surface area contributed by atoms with Crippen molar-refractivity contribution in [1.82, 2.24) is 15.6 Å². The fraction of sp³-hybridized carbons (Fsp3) is 0.900. The molecule has 0 aliphatic rings. The molecule has 0 amide bonds. The van der Waals surface area contributed by atoms with Gasteiger partial charge in [-0.1, -0.05) is 0 Å². The van der Waals surface area contributed by atoms with Crippen molar-refractivity contribution in [3.05, 3.63) is 0 Å². The summed E-state index contributed by atoms with van der Waals surface area (Å²) >= 11 is 0. The molecule has 0 fully saturated rings.